The van der Waals surface area contributed by atoms with E-state index in [9.17, 15) is 9.50 Å². The van der Waals surface area contributed by atoms with Gasteiger partial charge in [0.1, 0.15) is 11.9 Å². The van der Waals surface area contributed by atoms with Crippen molar-refractivity contribution in [1.29, 1.82) is 0 Å². The molecule has 0 saturated heterocycles. The highest BCUT2D eigenvalue weighted by Gasteiger charge is 2.14. The molecular weight excluding hydrogens is 221 g/mol. The lowest BCUT2D eigenvalue weighted by molar-refractivity contribution is 0.214. The van der Waals surface area contributed by atoms with Crippen molar-refractivity contribution in [2.75, 3.05) is 7.11 Å². The molecule has 4 heteroatoms. The van der Waals surface area contributed by atoms with Crippen LogP contribution in [0.3, 0.4) is 0 Å². The van der Waals surface area contributed by atoms with Crippen LogP contribution in [0.5, 0.6) is 5.88 Å². The number of nitrogens with zero attached hydrogens (tertiary/aromatic N) is 1. The lowest BCUT2D eigenvalue weighted by atomic mass is 10.0. The molecule has 0 bridgehead atoms. The molecule has 1 aromatic heterocycles. The molecule has 88 valence electrons. The molecule has 1 heterocycles. The minimum Gasteiger partial charge on any atom is -0.481 e. The summed E-state index contributed by atoms with van der Waals surface area (Å²) in [4.78, 5) is 3.97. The van der Waals surface area contributed by atoms with Gasteiger partial charge in [-0.3, -0.25) is 0 Å². The lowest BCUT2D eigenvalue weighted by Crippen LogP contribution is -2.03. The van der Waals surface area contributed by atoms with E-state index in [-0.39, 0.29) is 5.56 Å². The minimum absolute atomic E-state index is 0.236. The van der Waals surface area contributed by atoms with E-state index in [0.29, 0.717) is 11.4 Å². The van der Waals surface area contributed by atoms with Crippen LogP contribution in [-0.4, -0.2) is 17.2 Å². The van der Waals surface area contributed by atoms with E-state index in [4.69, 9.17) is 4.74 Å². The normalized spacial score (nSPS) is 12.2. The van der Waals surface area contributed by atoms with Crippen LogP contribution in [0.25, 0.3) is 0 Å². The van der Waals surface area contributed by atoms with E-state index >= 15 is 0 Å². The van der Waals surface area contributed by atoms with Crippen molar-refractivity contribution in [3.63, 3.8) is 0 Å². The Balaban J connectivity index is 2.30. The smallest absolute Gasteiger partial charge is 0.212 e. The first-order chi connectivity index (χ1) is 8.22. The van der Waals surface area contributed by atoms with Crippen molar-refractivity contribution in [3.05, 3.63) is 59.5 Å². The second kappa shape index (κ2) is 4.93. The van der Waals surface area contributed by atoms with Gasteiger partial charge in [0.15, 0.2) is 0 Å². The van der Waals surface area contributed by atoms with Crippen molar-refractivity contribution in [3.8, 4) is 5.88 Å². The summed E-state index contributed by atoms with van der Waals surface area (Å²) in [6, 6.07) is 9.40. The standard InChI is InChI=1S/C13H12FNO2/c1-17-12-7-6-9(8-15-12)13(16)10-4-2-3-5-11(10)14/h2-8,13,16H,1H3. The van der Waals surface area contributed by atoms with Crippen molar-refractivity contribution in [2.24, 2.45) is 0 Å². The lowest BCUT2D eigenvalue weighted by Gasteiger charge is -2.12. The van der Waals surface area contributed by atoms with Crippen LogP contribution in [0.4, 0.5) is 4.39 Å². The summed E-state index contributed by atoms with van der Waals surface area (Å²) in [5, 5.41) is 10.0. The van der Waals surface area contributed by atoms with Crippen LogP contribution in [0.1, 0.15) is 17.2 Å². The summed E-state index contributed by atoms with van der Waals surface area (Å²) in [6.07, 6.45) is 0.449. The number of hydrogen-bond donors (Lipinski definition) is 1. The van der Waals surface area contributed by atoms with Crippen LogP contribution in [0.2, 0.25) is 0 Å². The third-order valence-electron chi connectivity index (χ3n) is 2.48. The van der Waals surface area contributed by atoms with Crippen LogP contribution in [0.15, 0.2) is 42.6 Å². The Hall–Kier alpha value is -1.94. The molecule has 1 unspecified atom stereocenters. The molecule has 0 fully saturated rings. The van der Waals surface area contributed by atoms with Gasteiger partial charge in [0.05, 0.1) is 7.11 Å². The Morgan fingerprint density at radius 1 is 1.24 bits per heavy atom. The van der Waals surface area contributed by atoms with E-state index in [1.807, 2.05) is 0 Å². The molecule has 2 rings (SSSR count). The van der Waals surface area contributed by atoms with Gasteiger partial charge >= 0.3 is 0 Å². The first-order valence-electron chi connectivity index (χ1n) is 5.15. The summed E-state index contributed by atoms with van der Waals surface area (Å²) in [6.45, 7) is 0. The second-order valence-corrected chi connectivity index (χ2v) is 3.56. The molecule has 1 atom stereocenters. The maximum Gasteiger partial charge on any atom is 0.212 e. The fourth-order valence-corrected chi connectivity index (χ4v) is 1.55. The number of hydrogen-bond acceptors (Lipinski definition) is 3. The number of aliphatic hydroxyl groups is 1. The van der Waals surface area contributed by atoms with Gasteiger partial charge in [0.2, 0.25) is 5.88 Å². The highest BCUT2D eigenvalue weighted by Crippen LogP contribution is 2.24. The number of aromatic nitrogens is 1. The highest BCUT2D eigenvalue weighted by molar-refractivity contribution is 5.30. The number of rotatable bonds is 3. The molecule has 0 saturated carbocycles. The van der Waals surface area contributed by atoms with Gasteiger partial charge in [-0.2, -0.15) is 0 Å². The maximum absolute atomic E-state index is 13.5. The van der Waals surface area contributed by atoms with Crippen molar-refractivity contribution >= 4 is 0 Å². The molecule has 0 aliphatic heterocycles. The Kier molecular flexibility index (Phi) is 3.35. The highest BCUT2D eigenvalue weighted by atomic mass is 19.1. The van der Waals surface area contributed by atoms with Gasteiger partial charge in [0.25, 0.3) is 0 Å². The average Bonchev–Trinajstić information content (AvgIpc) is 2.39. The fraction of sp³-hybridized carbons (Fsp3) is 0.154. The molecule has 2 aromatic rings. The topological polar surface area (TPSA) is 42.4 Å². The first kappa shape index (κ1) is 11.5. The maximum atomic E-state index is 13.5. The molecule has 1 N–H and O–H groups in total. The van der Waals surface area contributed by atoms with E-state index < -0.39 is 11.9 Å². The largest absolute Gasteiger partial charge is 0.481 e. The molecule has 0 aliphatic carbocycles. The zero-order valence-electron chi connectivity index (χ0n) is 9.30. The fourth-order valence-electron chi connectivity index (χ4n) is 1.55. The molecule has 17 heavy (non-hydrogen) atoms. The molecule has 0 aliphatic rings. The quantitative estimate of drug-likeness (QED) is 0.884. The predicted molar refractivity (Wildman–Crippen MR) is 61.3 cm³/mol. The third-order valence-corrected chi connectivity index (χ3v) is 2.48. The van der Waals surface area contributed by atoms with Crippen molar-refractivity contribution in [1.82, 2.24) is 4.98 Å². The summed E-state index contributed by atoms with van der Waals surface area (Å²) >= 11 is 0. The van der Waals surface area contributed by atoms with E-state index in [2.05, 4.69) is 4.98 Å². The Morgan fingerprint density at radius 3 is 2.59 bits per heavy atom. The molecule has 0 radical (unpaired) electrons. The monoisotopic (exact) mass is 233 g/mol. The van der Waals surface area contributed by atoms with Crippen molar-refractivity contribution in [2.45, 2.75) is 6.10 Å². The van der Waals surface area contributed by atoms with Crippen LogP contribution in [-0.2, 0) is 0 Å². The van der Waals surface area contributed by atoms with Gasteiger partial charge in [0, 0.05) is 23.4 Å². The molecule has 1 aromatic carbocycles. The van der Waals surface area contributed by atoms with Crippen molar-refractivity contribution < 1.29 is 14.2 Å². The Labute approximate surface area is 98.5 Å². The summed E-state index contributed by atoms with van der Waals surface area (Å²) in [7, 11) is 1.51. The molecule has 3 nitrogen and oxygen atoms in total. The summed E-state index contributed by atoms with van der Waals surface area (Å²) in [5.74, 6) is 0.0188. The zero-order valence-corrected chi connectivity index (χ0v) is 9.30. The number of aliphatic hydroxyl groups excluding tert-OH is 1. The summed E-state index contributed by atoms with van der Waals surface area (Å²) < 4.78 is 18.4. The second-order valence-electron chi connectivity index (χ2n) is 3.56. The van der Waals surface area contributed by atoms with E-state index in [1.54, 1.807) is 30.3 Å². The number of pyridine rings is 1. The average molecular weight is 233 g/mol. The third kappa shape index (κ3) is 2.42. The number of benzene rings is 1. The van der Waals surface area contributed by atoms with Gasteiger partial charge in [-0.05, 0) is 12.1 Å². The van der Waals surface area contributed by atoms with Crippen LogP contribution >= 0.6 is 0 Å². The van der Waals surface area contributed by atoms with Gasteiger partial charge in [-0.15, -0.1) is 0 Å². The Morgan fingerprint density at radius 2 is 2.00 bits per heavy atom. The van der Waals surface area contributed by atoms with Gasteiger partial charge < -0.3 is 9.84 Å². The summed E-state index contributed by atoms with van der Waals surface area (Å²) in [5.41, 5.74) is 0.760. The SMILES string of the molecule is COc1ccc(C(O)c2ccccc2F)cn1. The number of halogens is 1. The minimum atomic E-state index is -1.02. The van der Waals surface area contributed by atoms with Crippen LogP contribution in [0, 0.1) is 5.82 Å². The number of ether oxygens (including phenoxy) is 1. The first-order valence-corrected chi connectivity index (χ1v) is 5.15. The van der Waals surface area contributed by atoms with E-state index in [1.165, 1.54) is 19.4 Å². The zero-order chi connectivity index (χ0) is 12.3. The number of methoxy groups -OCH3 is 1. The predicted octanol–water partition coefficient (Wildman–Crippen LogP) is 2.31. The van der Waals surface area contributed by atoms with Crippen LogP contribution < -0.4 is 4.74 Å². The molecule has 0 spiro atoms. The van der Waals surface area contributed by atoms with Gasteiger partial charge in [-0.25, -0.2) is 9.37 Å². The van der Waals surface area contributed by atoms with E-state index in [0.717, 1.165) is 0 Å². The Bertz CT molecular complexity index is 499. The van der Waals surface area contributed by atoms with Gasteiger partial charge in [-0.1, -0.05) is 18.2 Å². The molecule has 0 amide bonds. The molecular formula is C13H12FNO2.